The zero-order valence-corrected chi connectivity index (χ0v) is 12.7. The Labute approximate surface area is 113 Å². The van der Waals surface area contributed by atoms with Gasteiger partial charge in [0.05, 0.1) is 0 Å². The molecule has 0 amide bonds. The highest BCUT2D eigenvalue weighted by Crippen LogP contribution is 2.20. The minimum atomic E-state index is 0.643. The zero-order valence-electron chi connectivity index (χ0n) is 12.7. The molecule has 0 saturated heterocycles. The number of benzene rings is 1. The average molecular weight is 247 g/mol. The van der Waals surface area contributed by atoms with Gasteiger partial charge >= 0.3 is 0 Å². The van der Waals surface area contributed by atoms with Crippen molar-refractivity contribution < 1.29 is 0 Å². The molecule has 2 unspecified atom stereocenters. The van der Waals surface area contributed by atoms with Crippen LogP contribution in [0.3, 0.4) is 0 Å². The minimum Gasteiger partial charge on any atom is -0.314 e. The molecule has 0 aliphatic heterocycles. The maximum atomic E-state index is 3.68. The van der Waals surface area contributed by atoms with E-state index < -0.39 is 0 Å². The number of aryl methyl sites for hydroxylation is 2. The SMILES string of the molecule is CCCNC(CC)C(C)Cc1c(C)cccc1C. The largest absolute Gasteiger partial charge is 0.314 e. The van der Waals surface area contributed by atoms with E-state index >= 15 is 0 Å². The Hall–Kier alpha value is -0.820. The molecule has 0 radical (unpaired) electrons. The second-order valence-corrected chi connectivity index (χ2v) is 5.52. The molecule has 0 fully saturated rings. The quantitative estimate of drug-likeness (QED) is 0.759. The van der Waals surface area contributed by atoms with Gasteiger partial charge in [-0.2, -0.15) is 0 Å². The van der Waals surface area contributed by atoms with Crippen LogP contribution in [-0.4, -0.2) is 12.6 Å². The predicted octanol–water partition coefficient (Wildman–Crippen LogP) is 4.26. The Morgan fingerprint density at radius 2 is 1.72 bits per heavy atom. The fourth-order valence-corrected chi connectivity index (χ4v) is 2.71. The summed E-state index contributed by atoms with van der Waals surface area (Å²) in [6.07, 6.45) is 3.62. The molecule has 0 spiro atoms. The third-order valence-electron chi connectivity index (χ3n) is 3.95. The van der Waals surface area contributed by atoms with Crippen molar-refractivity contribution in [3.8, 4) is 0 Å². The molecule has 1 rings (SSSR count). The lowest BCUT2D eigenvalue weighted by atomic mass is 9.88. The molecule has 0 bridgehead atoms. The molecule has 0 heterocycles. The van der Waals surface area contributed by atoms with Crippen LogP contribution in [0.25, 0.3) is 0 Å². The number of hydrogen-bond acceptors (Lipinski definition) is 1. The van der Waals surface area contributed by atoms with E-state index in [4.69, 9.17) is 0 Å². The van der Waals surface area contributed by atoms with Crippen LogP contribution >= 0.6 is 0 Å². The first-order chi connectivity index (χ1) is 8.60. The van der Waals surface area contributed by atoms with Crippen LogP contribution in [0.1, 0.15) is 50.3 Å². The summed E-state index contributed by atoms with van der Waals surface area (Å²) in [4.78, 5) is 0. The van der Waals surface area contributed by atoms with Crippen molar-refractivity contribution >= 4 is 0 Å². The second kappa shape index (κ2) is 7.58. The predicted molar refractivity (Wildman–Crippen MR) is 81.2 cm³/mol. The topological polar surface area (TPSA) is 12.0 Å². The van der Waals surface area contributed by atoms with Crippen LogP contribution < -0.4 is 5.32 Å². The van der Waals surface area contributed by atoms with E-state index in [2.05, 4.69) is 58.1 Å². The smallest absolute Gasteiger partial charge is 0.00932 e. The highest BCUT2D eigenvalue weighted by molar-refractivity contribution is 5.33. The first-order valence-electron chi connectivity index (χ1n) is 7.38. The molecular weight excluding hydrogens is 218 g/mol. The normalized spacial score (nSPS) is 14.5. The van der Waals surface area contributed by atoms with Gasteiger partial charge in [0.15, 0.2) is 0 Å². The third kappa shape index (κ3) is 4.13. The van der Waals surface area contributed by atoms with Crippen molar-refractivity contribution in [3.05, 3.63) is 34.9 Å². The monoisotopic (exact) mass is 247 g/mol. The minimum absolute atomic E-state index is 0.643. The van der Waals surface area contributed by atoms with Crippen LogP contribution in [0, 0.1) is 19.8 Å². The van der Waals surface area contributed by atoms with Gasteiger partial charge < -0.3 is 5.32 Å². The average Bonchev–Trinajstić information content (AvgIpc) is 2.35. The van der Waals surface area contributed by atoms with E-state index in [-0.39, 0.29) is 0 Å². The zero-order chi connectivity index (χ0) is 13.5. The van der Waals surface area contributed by atoms with E-state index in [9.17, 15) is 0 Å². The summed E-state index contributed by atoms with van der Waals surface area (Å²) >= 11 is 0. The van der Waals surface area contributed by atoms with Crippen molar-refractivity contribution in [1.82, 2.24) is 5.32 Å². The summed E-state index contributed by atoms with van der Waals surface area (Å²) in [5.74, 6) is 0.696. The van der Waals surface area contributed by atoms with Crippen LogP contribution in [-0.2, 0) is 6.42 Å². The molecule has 1 nitrogen and oxygen atoms in total. The number of nitrogens with one attached hydrogen (secondary N) is 1. The maximum absolute atomic E-state index is 3.68. The van der Waals surface area contributed by atoms with E-state index in [1.54, 1.807) is 5.56 Å². The number of hydrogen-bond donors (Lipinski definition) is 1. The van der Waals surface area contributed by atoms with E-state index in [0.29, 0.717) is 12.0 Å². The van der Waals surface area contributed by atoms with Crippen LogP contribution in [0.4, 0.5) is 0 Å². The van der Waals surface area contributed by atoms with Gasteiger partial charge in [0, 0.05) is 6.04 Å². The van der Waals surface area contributed by atoms with Gasteiger partial charge in [0.25, 0.3) is 0 Å². The fourth-order valence-electron chi connectivity index (χ4n) is 2.71. The lowest BCUT2D eigenvalue weighted by Gasteiger charge is -2.25. The van der Waals surface area contributed by atoms with Gasteiger partial charge in [-0.25, -0.2) is 0 Å². The van der Waals surface area contributed by atoms with Gasteiger partial charge in [0.1, 0.15) is 0 Å². The Kier molecular flexibility index (Phi) is 6.42. The molecule has 0 saturated carbocycles. The summed E-state index contributed by atoms with van der Waals surface area (Å²) in [7, 11) is 0. The highest BCUT2D eigenvalue weighted by atomic mass is 14.9. The molecule has 1 aromatic carbocycles. The molecule has 0 aliphatic carbocycles. The van der Waals surface area contributed by atoms with Crippen LogP contribution in [0.15, 0.2) is 18.2 Å². The van der Waals surface area contributed by atoms with Crippen molar-refractivity contribution in [2.75, 3.05) is 6.54 Å². The fraction of sp³-hybridized carbons (Fsp3) is 0.647. The first kappa shape index (κ1) is 15.2. The van der Waals surface area contributed by atoms with Crippen molar-refractivity contribution in [2.45, 2.75) is 59.9 Å². The van der Waals surface area contributed by atoms with Crippen molar-refractivity contribution in [2.24, 2.45) is 5.92 Å². The van der Waals surface area contributed by atoms with Gasteiger partial charge in [0.2, 0.25) is 0 Å². The molecule has 0 aliphatic rings. The van der Waals surface area contributed by atoms with E-state index in [1.165, 1.54) is 30.4 Å². The Morgan fingerprint density at radius 3 is 2.22 bits per heavy atom. The van der Waals surface area contributed by atoms with Gasteiger partial charge in [-0.05, 0) is 62.3 Å². The molecule has 1 heteroatoms. The molecule has 0 aromatic heterocycles. The summed E-state index contributed by atoms with van der Waals surface area (Å²) in [5, 5.41) is 3.68. The van der Waals surface area contributed by atoms with Gasteiger partial charge in [-0.15, -0.1) is 0 Å². The van der Waals surface area contributed by atoms with Crippen LogP contribution in [0.2, 0.25) is 0 Å². The summed E-state index contributed by atoms with van der Waals surface area (Å²) in [6, 6.07) is 7.26. The molecular formula is C17H29N. The third-order valence-corrected chi connectivity index (χ3v) is 3.95. The van der Waals surface area contributed by atoms with Crippen LogP contribution in [0.5, 0.6) is 0 Å². The first-order valence-corrected chi connectivity index (χ1v) is 7.38. The summed E-state index contributed by atoms with van der Waals surface area (Å²) in [6.45, 7) is 12.5. The second-order valence-electron chi connectivity index (χ2n) is 5.52. The molecule has 1 N–H and O–H groups in total. The van der Waals surface area contributed by atoms with Crippen molar-refractivity contribution in [3.63, 3.8) is 0 Å². The Morgan fingerprint density at radius 1 is 1.11 bits per heavy atom. The van der Waals surface area contributed by atoms with Gasteiger partial charge in [-0.3, -0.25) is 0 Å². The molecule has 102 valence electrons. The summed E-state index contributed by atoms with van der Waals surface area (Å²) < 4.78 is 0. The standard InChI is InChI=1S/C17H29N/c1-6-11-18-17(7-2)15(5)12-16-13(3)9-8-10-14(16)4/h8-10,15,17-18H,6-7,11-12H2,1-5H3. The molecule has 2 atom stereocenters. The Bertz CT molecular complexity index is 336. The molecule has 1 aromatic rings. The highest BCUT2D eigenvalue weighted by Gasteiger charge is 2.16. The van der Waals surface area contributed by atoms with E-state index in [1.807, 2.05) is 0 Å². The summed E-state index contributed by atoms with van der Waals surface area (Å²) in [5.41, 5.74) is 4.42. The van der Waals surface area contributed by atoms with Gasteiger partial charge in [-0.1, -0.05) is 39.0 Å². The molecule has 18 heavy (non-hydrogen) atoms. The number of rotatable bonds is 7. The maximum Gasteiger partial charge on any atom is 0.00932 e. The lowest BCUT2D eigenvalue weighted by Crippen LogP contribution is -2.36. The Balaban J connectivity index is 2.70. The van der Waals surface area contributed by atoms with E-state index in [0.717, 1.165) is 6.54 Å². The lowest BCUT2D eigenvalue weighted by molar-refractivity contribution is 0.364. The van der Waals surface area contributed by atoms with Crippen molar-refractivity contribution in [1.29, 1.82) is 0 Å².